The third kappa shape index (κ3) is 4.39. The second-order valence-corrected chi connectivity index (χ2v) is 9.78. The molecule has 1 aliphatic rings. The molecule has 0 atom stereocenters. The largest absolute Gasteiger partial charge is 0.460 e. The molecule has 1 aromatic carbocycles. The van der Waals surface area contributed by atoms with E-state index in [4.69, 9.17) is 14.9 Å². The van der Waals surface area contributed by atoms with Crippen LogP contribution in [-0.4, -0.2) is 66.9 Å². The monoisotopic (exact) mass is 474 g/mol. The first kappa shape index (κ1) is 23.0. The van der Waals surface area contributed by atoms with E-state index in [1.807, 2.05) is 18.2 Å². The summed E-state index contributed by atoms with van der Waals surface area (Å²) in [6, 6.07) is 8.70. The van der Waals surface area contributed by atoms with Crippen molar-refractivity contribution in [1.29, 1.82) is 0 Å². The number of fused-ring (bicyclic) bond motifs is 1. The zero-order valence-corrected chi connectivity index (χ0v) is 19.3. The van der Waals surface area contributed by atoms with E-state index in [0.717, 1.165) is 10.9 Å². The molecule has 0 bridgehead atoms. The Labute approximate surface area is 191 Å². The number of aryl methyl sites for hydroxylation is 1. The first-order valence-corrected chi connectivity index (χ1v) is 12.0. The van der Waals surface area contributed by atoms with Gasteiger partial charge in [0.25, 0.3) is 5.91 Å². The van der Waals surface area contributed by atoms with E-state index in [1.54, 1.807) is 20.0 Å². The Morgan fingerprint density at radius 3 is 2.48 bits per heavy atom. The molecule has 1 aliphatic heterocycles. The molecule has 0 saturated carbocycles. The fourth-order valence-electron chi connectivity index (χ4n) is 4.04. The Kier molecular flexibility index (Phi) is 6.28. The van der Waals surface area contributed by atoms with Gasteiger partial charge in [-0.3, -0.25) is 9.69 Å². The van der Waals surface area contributed by atoms with Crippen LogP contribution in [0.4, 0.5) is 0 Å². The molecule has 2 N–H and O–H groups in total. The van der Waals surface area contributed by atoms with Gasteiger partial charge in [0.05, 0.1) is 6.61 Å². The fraction of sp³-hybridized carbons (Fsp3) is 0.364. The van der Waals surface area contributed by atoms with Crippen LogP contribution in [0.3, 0.4) is 0 Å². The summed E-state index contributed by atoms with van der Waals surface area (Å²) in [5, 5.41) is 0.832. The number of esters is 1. The van der Waals surface area contributed by atoms with Crippen molar-refractivity contribution in [3.8, 4) is 0 Å². The average Bonchev–Trinajstić information content (AvgIpc) is 3.36. The lowest BCUT2D eigenvalue weighted by atomic mass is 10.1. The summed E-state index contributed by atoms with van der Waals surface area (Å²) in [7, 11) is -2.18. The third-order valence-electron chi connectivity index (χ3n) is 5.74. The summed E-state index contributed by atoms with van der Waals surface area (Å²) in [5.41, 5.74) is 6.77. The molecule has 2 aromatic heterocycles. The topological polar surface area (TPSA) is 128 Å². The number of piperazine rings is 1. The Balaban J connectivity index is 1.51. The smallest absolute Gasteiger partial charge is 0.374 e. The second kappa shape index (κ2) is 9.00. The van der Waals surface area contributed by atoms with Crippen LogP contribution in [0, 0.1) is 0 Å². The van der Waals surface area contributed by atoms with E-state index >= 15 is 0 Å². The van der Waals surface area contributed by atoms with Gasteiger partial charge in [0, 0.05) is 56.9 Å². The number of para-hydroxylation sites is 1. The number of nitrogens with zero attached hydrogens (tertiary/aromatic N) is 3. The average molecular weight is 475 g/mol. The first-order chi connectivity index (χ1) is 15.7. The van der Waals surface area contributed by atoms with Gasteiger partial charge in [-0.1, -0.05) is 18.2 Å². The molecule has 1 fully saturated rings. The number of aromatic nitrogens is 1. The van der Waals surface area contributed by atoms with Gasteiger partial charge < -0.3 is 19.5 Å². The lowest BCUT2D eigenvalue weighted by Crippen LogP contribution is -2.48. The second-order valence-electron chi connectivity index (χ2n) is 7.84. The normalized spacial score (nSPS) is 15.7. The lowest BCUT2D eigenvalue weighted by Gasteiger charge is -2.33. The zero-order chi connectivity index (χ0) is 23.8. The first-order valence-electron chi connectivity index (χ1n) is 10.6. The molecule has 0 radical (unpaired) electrons. The predicted octanol–water partition coefficient (Wildman–Crippen LogP) is 1.55. The maximum Gasteiger partial charge on any atom is 0.374 e. The van der Waals surface area contributed by atoms with E-state index in [2.05, 4.69) is 4.90 Å². The number of sulfonamides is 1. The number of primary amides is 1. The molecule has 0 unspecified atom stereocenters. The van der Waals surface area contributed by atoms with Gasteiger partial charge >= 0.3 is 5.97 Å². The zero-order valence-electron chi connectivity index (χ0n) is 18.5. The van der Waals surface area contributed by atoms with Crippen LogP contribution in [-0.2, 0) is 28.4 Å². The van der Waals surface area contributed by atoms with Crippen molar-refractivity contribution < 1.29 is 27.2 Å². The molecule has 176 valence electrons. The van der Waals surface area contributed by atoms with Gasteiger partial charge in [0.15, 0.2) is 0 Å². The number of carbonyl (C=O) groups excluding carboxylic acids is 2. The number of nitrogens with two attached hydrogens (primary N) is 1. The maximum atomic E-state index is 13.1. The third-order valence-corrected chi connectivity index (χ3v) is 7.61. The Morgan fingerprint density at radius 2 is 1.85 bits per heavy atom. The summed E-state index contributed by atoms with van der Waals surface area (Å²) in [4.78, 5) is 26.0. The highest BCUT2D eigenvalue weighted by Gasteiger charge is 2.31. The van der Waals surface area contributed by atoms with Crippen LogP contribution in [0.1, 0.15) is 33.5 Å². The van der Waals surface area contributed by atoms with Crippen molar-refractivity contribution >= 4 is 32.9 Å². The van der Waals surface area contributed by atoms with Gasteiger partial charge in [-0.2, -0.15) is 4.31 Å². The number of ether oxygens (including phenoxy) is 1. The van der Waals surface area contributed by atoms with Gasteiger partial charge in [-0.25, -0.2) is 13.2 Å². The van der Waals surface area contributed by atoms with Crippen molar-refractivity contribution in [2.45, 2.75) is 18.4 Å². The Morgan fingerprint density at radius 1 is 1.15 bits per heavy atom. The highest BCUT2D eigenvalue weighted by atomic mass is 32.2. The lowest BCUT2D eigenvalue weighted by molar-refractivity contribution is 0.0488. The summed E-state index contributed by atoms with van der Waals surface area (Å²) >= 11 is 0. The summed E-state index contributed by atoms with van der Waals surface area (Å²) in [5.74, 6) is -1.02. The highest BCUT2D eigenvalue weighted by Crippen LogP contribution is 2.29. The van der Waals surface area contributed by atoms with Crippen molar-refractivity contribution in [3.63, 3.8) is 0 Å². The van der Waals surface area contributed by atoms with Crippen LogP contribution >= 0.6 is 0 Å². The summed E-state index contributed by atoms with van der Waals surface area (Å²) < 4.78 is 39.8. The minimum atomic E-state index is -3.76. The molecule has 1 amide bonds. The Bertz CT molecular complexity index is 1300. The molecule has 4 rings (SSSR count). The minimum Gasteiger partial charge on any atom is -0.460 e. The maximum absolute atomic E-state index is 13.1. The standard InChI is InChI=1S/C22H26N4O6S/c1-3-31-22(28)20-17(16-6-4-5-7-19(16)32-20)14-25-8-10-26(11-9-25)33(29,30)15-12-18(21(23)27)24(2)13-15/h4-7,12-13H,3,8-11,14H2,1-2H3,(H2,23,27). The highest BCUT2D eigenvalue weighted by molar-refractivity contribution is 7.89. The van der Waals surface area contributed by atoms with Crippen molar-refractivity contribution in [2.75, 3.05) is 32.8 Å². The summed E-state index contributed by atoms with van der Waals surface area (Å²) in [6.07, 6.45) is 1.39. The molecule has 11 heteroatoms. The molecule has 3 heterocycles. The van der Waals surface area contributed by atoms with E-state index in [-0.39, 0.29) is 36.0 Å². The van der Waals surface area contributed by atoms with Crippen LogP contribution in [0.5, 0.6) is 0 Å². The summed E-state index contributed by atoms with van der Waals surface area (Å²) in [6.45, 7) is 3.88. The minimum absolute atomic E-state index is 0.0395. The van der Waals surface area contributed by atoms with Gasteiger partial charge in [-0.15, -0.1) is 0 Å². The molecule has 0 spiro atoms. The Hall–Kier alpha value is -3.15. The van der Waals surface area contributed by atoms with Crippen LogP contribution in [0.25, 0.3) is 11.0 Å². The van der Waals surface area contributed by atoms with Crippen molar-refractivity contribution in [2.24, 2.45) is 12.8 Å². The number of furan rings is 1. The van der Waals surface area contributed by atoms with Gasteiger partial charge in [0.2, 0.25) is 15.8 Å². The van der Waals surface area contributed by atoms with E-state index in [1.165, 1.54) is 21.1 Å². The van der Waals surface area contributed by atoms with E-state index < -0.39 is 21.9 Å². The predicted molar refractivity (Wildman–Crippen MR) is 120 cm³/mol. The fourth-order valence-corrected chi connectivity index (χ4v) is 5.53. The van der Waals surface area contributed by atoms with Crippen LogP contribution in [0.15, 0.2) is 45.8 Å². The molecule has 3 aromatic rings. The number of amides is 1. The molecular weight excluding hydrogens is 448 g/mol. The van der Waals surface area contributed by atoms with Crippen LogP contribution < -0.4 is 5.73 Å². The molecule has 0 aliphatic carbocycles. The number of hydrogen-bond acceptors (Lipinski definition) is 7. The molecule has 1 saturated heterocycles. The number of hydrogen-bond donors (Lipinski definition) is 1. The van der Waals surface area contributed by atoms with Crippen LogP contribution in [0.2, 0.25) is 0 Å². The van der Waals surface area contributed by atoms with Crippen molar-refractivity contribution in [3.05, 3.63) is 53.5 Å². The van der Waals surface area contributed by atoms with Crippen molar-refractivity contribution in [1.82, 2.24) is 13.8 Å². The molecule has 10 nitrogen and oxygen atoms in total. The SMILES string of the molecule is CCOC(=O)c1oc2ccccc2c1CN1CCN(S(=O)(=O)c2cc(C(N)=O)n(C)c2)CC1. The quantitative estimate of drug-likeness (QED) is 0.515. The molecular formula is C22H26N4O6S. The molecule has 33 heavy (non-hydrogen) atoms. The van der Waals surface area contributed by atoms with E-state index in [9.17, 15) is 18.0 Å². The number of benzene rings is 1. The van der Waals surface area contributed by atoms with Gasteiger partial charge in [0.1, 0.15) is 16.2 Å². The van der Waals surface area contributed by atoms with Gasteiger partial charge in [-0.05, 0) is 19.1 Å². The van der Waals surface area contributed by atoms with E-state index in [0.29, 0.717) is 25.2 Å². The number of carbonyl (C=O) groups is 2. The number of rotatable bonds is 7.